The summed E-state index contributed by atoms with van der Waals surface area (Å²) >= 11 is 0. The predicted molar refractivity (Wildman–Crippen MR) is 150 cm³/mol. The minimum Gasteiger partial charge on any atom is -0.358 e. The third kappa shape index (κ3) is 4.47. The van der Waals surface area contributed by atoms with Crippen LogP contribution >= 0.6 is 0 Å². The quantitative estimate of drug-likeness (QED) is 0.222. The molecule has 6 aromatic rings. The summed E-state index contributed by atoms with van der Waals surface area (Å²) < 4.78 is 0. The van der Waals surface area contributed by atoms with E-state index in [1.54, 1.807) is 12.4 Å². The normalized spacial score (nSPS) is 11.4. The van der Waals surface area contributed by atoms with Gasteiger partial charge in [0.2, 0.25) is 0 Å². The molecule has 0 amide bonds. The molecule has 0 aliphatic carbocycles. The van der Waals surface area contributed by atoms with E-state index >= 15 is 0 Å². The summed E-state index contributed by atoms with van der Waals surface area (Å²) in [5.74, 6) is 0.532. The van der Waals surface area contributed by atoms with Crippen LogP contribution in [0.25, 0.3) is 55.6 Å². The summed E-state index contributed by atoms with van der Waals surface area (Å²) in [7, 11) is 0. The van der Waals surface area contributed by atoms with Gasteiger partial charge >= 0.3 is 0 Å². The van der Waals surface area contributed by atoms with Crippen molar-refractivity contribution in [2.45, 2.75) is 20.3 Å². The van der Waals surface area contributed by atoms with Gasteiger partial charge in [0, 0.05) is 51.7 Å². The number of anilines is 1. The molecule has 6 rings (SSSR count). The molecular formula is C30H27N7. The van der Waals surface area contributed by atoms with E-state index in [1.165, 1.54) is 0 Å². The number of fused-ring (bicyclic) bond motifs is 2. The van der Waals surface area contributed by atoms with Crippen LogP contribution in [0.2, 0.25) is 0 Å². The van der Waals surface area contributed by atoms with Crippen LogP contribution in [0.15, 0.2) is 91.8 Å². The van der Waals surface area contributed by atoms with Crippen molar-refractivity contribution in [3.63, 3.8) is 0 Å². The van der Waals surface area contributed by atoms with Crippen molar-refractivity contribution < 1.29 is 0 Å². The van der Waals surface area contributed by atoms with Crippen molar-refractivity contribution >= 4 is 27.5 Å². The number of rotatable bonds is 7. The summed E-state index contributed by atoms with van der Waals surface area (Å²) in [4.78, 5) is 16.9. The molecule has 5 aromatic heterocycles. The fourth-order valence-electron chi connectivity index (χ4n) is 4.73. The summed E-state index contributed by atoms with van der Waals surface area (Å²) in [5, 5.41) is 13.3. The molecule has 0 atom stereocenters. The standard InChI is InChI=1S/C30H27N7/c1-18(2)10-19(3)34-22-11-21(15-32-16-22)27-13-25-29(17-33-27)36-37-30(25)28-12-24-23(7-4-8-26(24)35-28)20-6-5-9-31-14-20/h4-9,11-18,34-35H,3,10H2,1-2H3,(H,36,37). The lowest BCUT2D eigenvalue weighted by molar-refractivity contribution is 0.645. The number of pyridine rings is 3. The van der Waals surface area contributed by atoms with Crippen LogP contribution in [0.5, 0.6) is 0 Å². The lowest BCUT2D eigenvalue weighted by Crippen LogP contribution is -2.02. The second kappa shape index (κ2) is 9.35. The summed E-state index contributed by atoms with van der Waals surface area (Å²) in [6.07, 6.45) is 10.0. The molecular weight excluding hydrogens is 458 g/mol. The Labute approximate surface area is 214 Å². The van der Waals surface area contributed by atoms with E-state index in [9.17, 15) is 0 Å². The number of nitrogens with zero attached hydrogens (tertiary/aromatic N) is 4. The Balaban J connectivity index is 1.38. The fraction of sp³-hybridized carbons (Fsp3) is 0.133. The average Bonchev–Trinajstić information content (AvgIpc) is 3.52. The zero-order valence-electron chi connectivity index (χ0n) is 20.8. The molecule has 0 radical (unpaired) electrons. The van der Waals surface area contributed by atoms with Crippen LogP contribution < -0.4 is 5.32 Å². The third-order valence-corrected chi connectivity index (χ3v) is 6.35. The molecule has 5 heterocycles. The van der Waals surface area contributed by atoms with Gasteiger partial charge in [-0.05, 0) is 48.2 Å². The monoisotopic (exact) mass is 485 g/mol. The van der Waals surface area contributed by atoms with Crippen LogP contribution in [0.3, 0.4) is 0 Å². The van der Waals surface area contributed by atoms with E-state index in [4.69, 9.17) is 0 Å². The largest absolute Gasteiger partial charge is 0.358 e. The Kier molecular flexibility index (Phi) is 5.73. The first kappa shape index (κ1) is 22.7. The molecule has 0 aliphatic heterocycles. The molecule has 0 unspecified atom stereocenters. The van der Waals surface area contributed by atoms with Gasteiger partial charge in [0.15, 0.2) is 0 Å². The van der Waals surface area contributed by atoms with E-state index in [-0.39, 0.29) is 0 Å². The molecule has 0 fully saturated rings. The Morgan fingerprint density at radius 3 is 2.65 bits per heavy atom. The van der Waals surface area contributed by atoms with Crippen molar-refractivity contribution in [2.75, 3.05) is 5.32 Å². The summed E-state index contributed by atoms with van der Waals surface area (Å²) in [5.41, 5.74) is 9.53. The highest BCUT2D eigenvalue weighted by molar-refractivity contribution is 6.01. The first-order chi connectivity index (χ1) is 18.0. The molecule has 0 saturated heterocycles. The zero-order valence-corrected chi connectivity index (χ0v) is 20.8. The van der Waals surface area contributed by atoms with Crippen LogP contribution in [0.4, 0.5) is 5.69 Å². The van der Waals surface area contributed by atoms with Gasteiger partial charge in [-0.1, -0.05) is 38.6 Å². The molecule has 37 heavy (non-hydrogen) atoms. The van der Waals surface area contributed by atoms with Crippen molar-refractivity contribution in [1.29, 1.82) is 0 Å². The Morgan fingerprint density at radius 1 is 0.919 bits per heavy atom. The highest BCUT2D eigenvalue weighted by atomic mass is 15.1. The SMILES string of the molecule is C=C(CC(C)C)Nc1cncc(-c2cc3c(-c4cc5c(-c6cccnc6)cccc5[nH]4)n[nH]c3cn2)c1. The highest BCUT2D eigenvalue weighted by Gasteiger charge is 2.15. The van der Waals surface area contributed by atoms with E-state index in [2.05, 4.69) is 98.3 Å². The number of nitrogens with one attached hydrogen (secondary N) is 3. The lowest BCUT2D eigenvalue weighted by Gasteiger charge is -2.12. The minimum atomic E-state index is 0.532. The maximum Gasteiger partial charge on any atom is 0.116 e. The average molecular weight is 486 g/mol. The number of hydrogen-bond donors (Lipinski definition) is 3. The van der Waals surface area contributed by atoms with E-state index in [0.29, 0.717) is 5.92 Å². The zero-order chi connectivity index (χ0) is 25.4. The molecule has 7 heteroatoms. The van der Waals surface area contributed by atoms with Gasteiger partial charge in [-0.3, -0.25) is 20.1 Å². The minimum absolute atomic E-state index is 0.532. The molecule has 0 bridgehead atoms. The van der Waals surface area contributed by atoms with Crippen molar-refractivity contribution in [2.24, 2.45) is 5.92 Å². The van der Waals surface area contributed by atoms with Gasteiger partial charge in [0.25, 0.3) is 0 Å². The summed E-state index contributed by atoms with van der Waals surface area (Å²) in [6.45, 7) is 8.49. The molecule has 1 aromatic carbocycles. The van der Waals surface area contributed by atoms with Crippen molar-refractivity contribution in [1.82, 2.24) is 30.1 Å². The predicted octanol–water partition coefficient (Wildman–Crippen LogP) is 7.20. The van der Waals surface area contributed by atoms with Crippen molar-refractivity contribution in [3.05, 3.63) is 91.8 Å². The smallest absolute Gasteiger partial charge is 0.116 e. The first-order valence-corrected chi connectivity index (χ1v) is 12.3. The lowest BCUT2D eigenvalue weighted by atomic mass is 10.0. The fourth-order valence-corrected chi connectivity index (χ4v) is 4.73. The van der Waals surface area contributed by atoms with Crippen molar-refractivity contribution in [3.8, 4) is 33.8 Å². The van der Waals surface area contributed by atoms with Gasteiger partial charge in [0.05, 0.1) is 35.0 Å². The third-order valence-electron chi connectivity index (χ3n) is 6.35. The first-order valence-electron chi connectivity index (χ1n) is 12.3. The van der Waals surface area contributed by atoms with Gasteiger partial charge in [0.1, 0.15) is 5.69 Å². The van der Waals surface area contributed by atoms with Crippen LogP contribution in [-0.4, -0.2) is 30.1 Å². The Morgan fingerprint density at radius 2 is 1.81 bits per heavy atom. The van der Waals surface area contributed by atoms with Gasteiger partial charge in [-0.25, -0.2) is 0 Å². The number of aromatic nitrogens is 6. The summed E-state index contributed by atoms with van der Waals surface area (Å²) in [6, 6.07) is 16.5. The van der Waals surface area contributed by atoms with Gasteiger partial charge in [-0.15, -0.1) is 0 Å². The van der Waals surface area contributed by atoms with Crippen LogP contribution in [0.1, 0.15) is 20.3 Å². The number of benzene rings is 1. The highest BCUT2D eigenvalue weighted by Crippen LogP contribution is 2.34. The molecule has 0 saturated carbocycles. The molecule has 0 spiro atoms. The number of aromatic amines is 2. The maximum atomic E-state index is 4.67. The second-order valence-corrected chi connectivity index (χ2v) is 9.67. The molecule has 7 nitrogen and oxygen atoms in total. The molecule has 0 aliphatic rings. The number of H-pyrrole nitrogens is 2. The number of allylic oxidation sites excluding steroid dienone is 1. The Hall–Kier alpha value is -4.78. The van der Waals surface area contributed by atoms with E-state index < -0.39 is 0 Å². The van der Waals surface area contributed by atoms with Gasteiger partial charge < -0.3 is 10.3 Å². The topological polar surface area (TPSA) is 95.2 Å². The molecule has 3 N–H and O–H groups in total. The number of hydrogen-bond acceptors (Lipinski definition) is 5. The maximum absolute atomic E-state index is 4.67. The molecule has 182 valence electrons. The van der Waals surface area contributed by atoms with E-state index in [1.807, 2.05) is 24.7 Å². The second-order valence-electron chi connectivity index (χ2n) is 9.67. The van der Waals surface area contributed by atoms with Crippen LogP contribution in [-0.2, 0) is 0 Å². The Bertz CT molecular complexity index is 1730. The van der Waals surface area contributed by atoms with E-state index in [0.717, 1.165) is 73.4 Å². The van der Waals surface area contributed by atoms with Gasteiger partial charge in [-0.2, -0.15) is 5.10 Å². The van der Waals surface area contributed by atoms with Crippen LogP contribution in [0, 0.1) is 5.92 Å².